The van der Waals surface area contributed by atoms with Gasteiger partial charge in [-0.05, 0) is 30.5 Å². The van der Waals surface area contributed by atoms with Crippen LogP contribution in [0.5, 0.6) is 0 Å². The summed E-state index contributed by atoms with van der Waals surface area (Å²) in [4.78, 5) is 17.7. The number of nitrogens with one attached hydrogen (secondary N) is 2. The summed E-state index contributed by atoms with van der Waals surface area (Å²) in [6.07, 6.45) is 3.90. The molecule has 1 aliphatic heterocycles. The first-order valence-corrected chi connectivity index (χ1v) is 6.79. The Morgan fingerprint density at radius 2 is 2.21 bits per heavy atom. The average molecular weight is 262 g/mol. The van der Waals surface area contributed by atoms with Gasteiger partial charge in [0.25, 0.3) is 0 Å². The van der Waals surface area contributed by atoms with Crippen LogP contribution in [-0.2, 0) is 11.3 Å². The molecule has 0 spiro atoms. The highest BCUT2D eigenvalue weighted by atomic mass is 16.1. The molecule has 1 amide bonds. The molecule has 0 bridgehead atoms. The van der Waals surface area contributed by atoms with Crippen LogP contribution < -0.4 is 10.6 Å². The van der Waals surface area contributed by atoms with E-state index >= 15 is 0 Å². The van der Waals surface area contributed by atoms with Crippen molar-refractivity contribution in [2.24, 2.45) is 0 Å². The molecule has 19 heavy (non-hydrogen) atoms. The molecule has 0 unspecified atom stereocenters. The maximum Gasteiger partial charge on any atom is 0.217 e. The first-order chi connectivity index (χ1) is 9.17. The third kappa shape index (κ3) is 4.21. The number of carbonyl (C=O) groups is 1. The molecule has 2 rings (SSSR count). The number of rotatable bonds is 4. The summed E-state index contributed by atoms with van der Waals surface area (Å²) in [5, 5.41) is 6.05. The number of nitrogens with zero attached hydrogens (tertiary/aromatic N) is 2. The predicted octanol–water partition coefficient (Wildman–Crippen LogP) is 1.22. The number of likely N-dealkylation sites (tertiary alicyclic amines) is 1. The number of hydrogen-bond donors (Lipinski definition) is 2. The van der Waals surface area contributed by atoms with Crippen LogP contribution in [0.15, 0.2) is 18.3 Å². The van der Waals surface area contributed by atoms with Gasteiger partial charge in [-0.25, -0.2) is 4.98 Å². The van der Waals surface area contributed by atoms with Crippen LogP contribution in [0, 0.1) is 0 Å². The lowest BCUT2D eigenvalue weighted by molar-refractivity contribution is -0.119. The number of piperidine rings is 1. The molecule has 2 N–H and O–H groups in total. The molecule has 1 aliphatic rings. The molecule has 0 atom stereocenters. The zero-order valence-electron chi connectivity index (χ0n) is 11.6. The van der Waals surface area contributed by atoms with Gasteiger partial charge in [-0.15, -0.1) is 0 Å². The van der Waals surface area contributed by atoms with Crippen molar-refractivity contribution in [3.05, 3.63) is 23.9 Å². The van der Waals surface area contributed by atoms with Crippen molar-refractivity contribution < 1.29 is 4.79 Å². The lowest BCUT2D eigenvalue weighted by Gasteiger charge is -2.32. The summed E-state index contributed by atoms with van der Waals surface area (Å²) in [6, 6.07) is 4.49. The summed E-state index contributed by atoms with van der Waals surface area (Å²) >= 11 is 0. The third-order valence-electron chi connectivity index (χ3n) is 3.48. The molecule has 1 fully saturated rings. The highest BCUT2D eigenvalue weighted by Crippen LogP contribution is 2.15. The fraction of sp³-hybridized carbons (Fsp3) is 0.571. The van der Waals surface area contributed by atoms with E-state index in [0.29, 0.717) is 6.04 Å². The van der Waals surface area contributed by atoms with Crippen molar-refractivity contribution in [2.75, 3.05) is 25.5 Å². The van der Waals surface area contributed by atoms with E-state index < -0.39 is 0 Å². The minimum atomic E-state index is 0.0752. The zero-order valence-corrected chi connectivity index (χ0v) is 11.6. The van der Waals surface area contributed by atoms with Crippen LogP contribution in [0.1, 0.15) is 25.3 Å². The van der Waals surface area contributed by atoms with Crippen LogP contribution in [0.4, 0.5) is 5.82 Å². The Hall–Kier alpha value is -1.62. The molecule has 0 radical (unpaired) electrons. The van der Waals surface area contributed by atoms with Crippen molar-refractivity contribution in [1.82, 2.24) is 15.2 Å². The van der Waals surface area contributed by atoms with Crippen molar-refractivity contribution in [3.8, 4) is 0 Å². The van der Waals surface area contributed by atoms with E-state index in [1.807, 2.05) is 13.2 Å². The second-order valence-electron chi connectivity index (χ2n) is 5.05. The molecule has 5 heteroatoms. The van der Waals surface area contributed by atoms with E-state index in [1.165, 1.54) is 5.56 Å². The van der Waals surface area contributed by atoms with E-state index in [-0.39, 0.29) is 5.91 Å². The number of amides is 1. The van der Waals surface area contributed by atoms with E-state index in [9.17, 15) is 4.79 Å². The third-order valence-corrected chi connectivity index (χ3v) is 3.48. The van der Waals surface area contributed by atoms with Crippen molar-refractivity contribution >= 4 is 11.7 Å². The molecular weight excluding hydrogens is 240 g/mol. The van der Waals surface area contributed by atoms with E-state index in [4.69, 9.17) is 0 Å². The van der Waals surface area contributed by atoms with E-state index in [2.05, 4.69) is 32.7 Å². The molecule has 5 nitrogen and oxygen atoms in total. The van der Waals surface area contributed by atoms with Gasteiger partial charge in [0.2, 0.25) is 5.91 Å². The first kappa shape index (κ1) is 13.8. The highest BCUT2D eigenvalue weighted by Gasteiger charge is 2.19. The Kier molecular flexibility index (Phi) is 4.74. The summed E-state index contributed by atoms with van der Waals surface area (Å²) in [5.41, 5.74) is 1.28. The van der Waals surface area contributed by atoms with Gasteiger partial charge in [-0.3, -0.25) is 9.69 Å². The highest BCUT2D eigenvalue weighted by molar-refractivity contribution is 5.73. The van der Waals surface area contributed by atoms with E-state index in [0.717, 1.165) is 38.3 Å². The van der Waals surface area contributed by atoms with Crippen LogP contribution >= 0.6 is 0 Å². The lowest BCUT2D eigenvalue weighted by atomic mass is 10.0. The van der Waals surface area contributed by atoms with Crippen molar-refractivity contribution in [3.63, 3.8) is 0 Å². The molecule has 0 saturated carbocycles. The van der Waals surface area contributed by atoms with Gasteiger partial charge in [0.05, 0.1) is 0 Å². The molecule has 1 aromatic rings. The van der Waals surface area contributed by atoms with Crippen LogP contribution in [-0.4, -0.2) is 42.0 Å². The molecule has 0 aliphatic carbocycles. The van der Waals surface area contributed by atoms with Gasteiger partial charge in [0, 0.05) is 45.8 Å². The van der Waals surface area contributed by atoms with E-state index in [1.54, 1.807) is 6.92 Å². The van der Waals surface area contributed by atoms with Gasteiger partial charge >= 0.3 is 0 Å². The van der Waals surface area contributed by atoms with Gasteiger partial charge in [-0.1, -0.05) is 0 Å². The Morgan fingerprint density at radius 1 is 1.47 bits per heavy atom. The summed E-state index contributed by atoms with van der Waals surface area (Å²) < 4.78 is 0. The van der Waals surface area contributed by atoms with Crippen LogP contribution in [0.3, 0.4) is 0 Å². The van der Waals surface area contributed by atoms with Gasteiger partial charge in [0.15, 0.2) is 0 Å². The second-order valence-corrected chi connectivity index (χ2v) is 5.05. The first-order valence-electron chi connectivity index (χ1n) is 6.79. The summed E-state index contributed by atoms with van der Waals surface area (Å²) in [5.74, 6) is 0.983. The van der Waals surface area contributed by atoms with Crippen LogP contribution in [0.25, 0.3) is 0 Å². The minimum absolute atomic E-state index is 0.0752. The fourth-order valence-corrected chi connectivity index (χ4v) is 2.49. The lowest BCUT2D eigenvalue weighted by Crippen LogP contribution is -2.43. The standard InChI is InChI=1S/C14H22N4O/c1-11(19)17-13-4-7-18(8-5-13)10-12-3-6-16-14(9-12)15-2/h3,6,9,13H,4-5,7-8,10H2,1-2H3,(H,15,16)(H,17,19). The van der Waals surface area contributed by atoms with Gasteiger partial charge in [0.1, 0.15) is 5.82 Å². The number of aromatic nitrogens is 1. The summed E-state index contributed by atoms with van der Waals surface area (Å²) in [6.45, 7) is 4.59. The minimum Gasteiger partial charge on any atom is -0.373 e. The van der Waals surface area contributed by atoms with Crippen molar-refractivity contribution in [2.45, 2.75) is 32.4 Å². The Morgan fingerprint density at radius 3 is 2.84 bits per heavy atom. The van der Waals surface area contributed by atoms with Crippen molar-refractivity contribution in [1.29, 1.82) is 0 Å². The fourth-order valence-electron chi connectivity index (χ4n) is 2.49. The molecule has 1 aromatic heterocycles. The van der Waals surface area contributed by atoms with Gasteiger partial charge < -0.3 is 10.6 Å². The predicted molar refractivity (Wildman–Crippen MR) is 75.9 cm³/mol. The smallest absolute Gasteiger partial charge is 0.217 e. The second kappa shape index (κ2) is 6.52. The number of pyridine rings is 1. The maximum absolute atomic E-state index is 11.0. The molecule has 0 aromatic carbocycles. The van der Waals surface area contributed by atoms with Crippen LogP contribution in [0.2, 0.25) is 0 Å². The zero-order chi connectivity index (χ0) is 13.7. The molecule has 104 valence electrons. The topological polar surface area (TPSA) is 57.3 Å². The monoisotopic (exact) mass is 262 g/mol. The Bertz CT molecular complexity index is 427. The molecular formula is C14H22N4O. The quantitative estimate of drug-likeness (QED) is 0.857. The summed E-state index contributed by atoms with van der Waals surface area (Å²) in [7, 11) is 1.88. The largest absolute Gasteiger partial charge is 0.373 e. The normalized spacial score (nSPS) is 17.2. The Labute approximate surface area is 114 Å². The number of hydrogen-bond acceptors (Lipinski definition) is 4. The molecule has 2 heterocycles. The average Bonchev–Trinajstić information content (AvgIpc) is 2.41. The molecule has 1 saturated heterocycles. The Balaban J connectivity index is 1.83. The SMILES string of the molecule is CNc1cc(CN2CCC(NC(C)=O)CC2)ccn1. The number of carbonyl (C=O) groups excluding carboxylic acids is 1. The maximum atomic E-state index is 11.0. The number of anilines is 1. The van der Waals surface area contributed by atoms with Gasteiger partial charge in [-0.2, -0.15) is 0 Å².